The molecule has 0 N–H and O–H groups in total. The second-order valence-corrected chi connectivity index (χ2v) is 3.94. The van der Waals surface area contributed by atoms with Gasteiger partial charge in [0.05, 0.1) is 12.2 Å². The van der Waals surface area contributed by atoms with Crippen molar-refractivity contribution in [2.24, 2.45) is 0 Å². The van der Waals surface area contributed by atoms with Gasteiger partial charge in [-0.2, -0.15) is 13.2 Å². The Bertz CT molecular complexity index is 425. The number of hydrogen-bond donors (Lipinski definition) is 0. The van der Waals surface area contributed by atoms with E-state index in [1.807, 2.05) is 0 Å². The molecule has 0 spiro atoms. The van der Waals surface area contributed by atoms with Crippen molar-refractivity contribution in [1.29, 1.82) is 0 Å². The third kappa shape index (κ3) is 4.05. The molecule has 1 rings (SSSR count). The van der Waals surface area contributed by atoms with Crippen molar-refractivity contribution in [2.75, 3.05) is 6.61 Å². The van der Waals surface area contributed by atoms with Crippen LogP contribution in [0.1, 0.15) is 30.0 Å². The van der Waals surface area contributed by atoms with E-state index in [0.29, 0.717) is 18.6 Å². The highest BCUT2D eigenvalue weighted by molar-refractivity contribution is 5.69. The number of ether oxygens (including phenoxy) is 1. The lowest BCUT2D eigenvalue weighted by atomic mass is 10.0. The van der Waals surface area contributed by atoms with Crippen molar-refractivity contribution in [3.8, 4) is 0 Å². The van der Waals surface area contributed by atoms with Gasteiger partial charge in [-0.05, 0) is 43.5 Å². The highest BCUT2D eigenvalue weighted by atomic mass is 19.4. The molecule has 100 valence electrons. The van der Waals surface area contributed by atoms with Crippen molar-refractivity contribution >= 4 is 5.97 Å². The third-order valence-corrected chi connectivity index (χ3v) is 2.57. The SMILES string of the molecule is CCOC(=O)CCc1ccc(C(F)(F)F)cc1C. The summed E-state index contributed by atoms with van der Waals surface area (Å²) >= 11 is 0. The molecule has 0 aliphatic carbocycles. The molecule has 0 aromatic heterocycles. The van der Waals surface area contributed by atoms with E-state index in [-0.39, 0.29) is 12.4 Å². The fraction of sp³-hybridized carbons (Fsp3) is 0.462. The minimum atomic E-state index is -4.33. The van der Waals surface area contributed by atoms with Crippen molar-refractivity contribution < 1.29 is 22.7 Å². The van der Waals surface area contributed by atoms with E-state index < -0.39 is 11.7 Å². The summed E-state index contributed by atoms with van der Waals surface area (Å²) in [7, 11) is 0. The van der Waals surface area contributed by atoms with Crippen LogP contribution in [0.5, 0.6) is 0 Å². The molecule has 0 amide bonds. The number of carbonyl (C=O) groups excluding carboxylic acids is 1. The van der Waals surface area contributed by atoms with Crippen LogP contribution in [0.4, 0.5) is 13.2 Å². The number of hydrogen-bond acceptors (Lipinski definition) is 2. The molecule has 0 saturated carbocycles. The van der Waals surface area contributed by atoms with Gasteiger partial charge < -0.3 is 4.74 Å². The lowest BCUT2D eigenvalue weighted by molar-refractivity contribution is -0.143. The Morgan fingerprint density at radius 2 is 2.00 bits per heavy atom. The largest absolute Gasteiger partial charge is 0.466 e. The Morgan fingerprint density at radius 3 is 2.50 bits per heavy atom. The van der Waals surface area contributed by atoms with Gasteiger partial charge in [0.25, 0.3) is 0 Å². The minimum absolute atomic E-state index is 0.181. The van der Waals surface area contributed by atoms with E-state index in [0.717, 1.165) is 17.7 Å². The molecule has 0 heterocycles. The first kappa shape index (κ1) is 14.5. The molecule has 0 radical (unpaired) electrons. The summed E-state index contributed by atoms with van der Waals surface area (Å²) in [5.74, 6) is -0.336. The number of rotatable bonds is 4. The molecule has 18 heavy (non-hydrogen) atoms. The standard InChI is InChI=1S/C13H15F3O2/c1-3-18-12(17)7-5-10-4-6-11(8-9(10)2)13(14,15)16/h4,6,8H,3,5,7H2,1-2H3. The van der Waals surface area contributed by atoms with Gasteiger partial charge in [0.15, 0.2) is 0 Å². The molecule has 2 nitrogen and oxygen atoms in total. The lowest BCUT2D eigenvalue weighted by Crippen LogP contribution is -2.08. The van der Waals surface area contributed by atoms with Crippen LogP contribution in [0.15, 0.2) is 18.2 Å². The molecule has 0 fully saturated rings. The Kier molecular flexibility index (Phi) is 4.76. The Balaban J connectivity index is 2.72. The van der Waals surface area contributed by atoms with Crippen LogP contribution < -0.4 is 0 Å². The number of esters is 1. The van der Waals surface area contributed by atoms with E-state index in [1.165, 1.54) is 6.07 Å². The Hall–Kier alpha value is -1.52. The normalized spacial score (nSPS) is 11.4. The molecule has 5 heteroatoms. The maximum atomic E-state index is 12.4. The first-order chi connectivity index (χ1) is 8.34. The van der Waals surface area contributed by atoms with Gasteiger partial charge in [0, 0.05) is 6.42 Å². The summed E-state index contributed by atoms with van der Waals surface area (Å²) in [6.07, 6.45) is -3.76. The highest BCUT2D eigenvalue weighted by Crippen LogP contribution is 2.30. The first-order valence-corrected chi connectivity index (χ1v) is 5.67. The molecule has 0 atom stereocenters. The second kappa shape index (κ2) is 5.89. The van der Waals surface area contributed by atoms with Crippen LogP contribution in [-0.4, -0.2) is 12.6 Å². The van der Waals surface area contributed by atoms with E-state index >= 15 is 0 Å². The molecule has 0 aliphatic rings. The molecule has 0 aliphatic heterocycles. The van der Waals surface area contributed by atoms with Gasteiger partial charge in [-0.1, -0.05) is 6.07 Å². The number of aryl methyl sites for hydroxylation is 2. The average molecular weight is 260 g/mol. The molecule has 0 saturated heterocycles. The van der Waals surface area contributed by atoms with Gasteiger partial charge in [-0.25, -0.2) is 0 Å². The van der Waals surface area contributed by atoms with Crippen LogP contribution in [0.3, 0.4) is 0 Å². The zero-order valence-electron chi connectivity index (χ0n) is 10.3. The zero-order valence-corrected chi connectivity index (χ0v) is 10.3. The smallest absolute Gasteiger partial charge is 0.416 e. The van der Waals surface area contributed by atoms with E-state index in [1.54, 1.807) is 13.8 Å². The topological polar surface area (TPSA) is 26.3 Å². The second-order valence-electron chi connectivity index (χ2n) is 3.94. The minimum Gasteiger partial charge on any atom is -0.466 e. The number of alkyl halides is 3. The van der Waals surface area contributed by atoms with Crippen molar-refractivity contribution in [3.05, 3.63) is 34.9 Å². The summed E-state index contributed by atoms with van der Waals surface area (Å²) in [6, 6.07) is 3.55. The monoisotopic (exact) mass is 260 g/mol. The van der Waals surface area contributed by atoms with Crippen LogP contribution in [0.25, 0.3) is 0 Å². The molecule has 0 bridgehead atoms. The van der Waals surface area contributed by atoms with E-state index in [2.05, 4.69) is 0 Å². The molecular formula is C13H15F3O2. The Labute approximate surface area is 104 Å². The fourth-order valence-corrected chi connectivity index (χ4v) is 1.62. The van der Waals surface area contributed by atoms with E-state index in [4.69, 9.17) is 4.74 Å². The third-order valence-electron chi connectivity index (χ3n) is 2.57. The van der Waals surface area contributed by atoms with Crippen molar-refractivity contribution in [2.45, 2.75) is 32.9 Å². The molecule has 1 aromatic carbocycles. The number of carbonyl (C=O) groups is 1. The average Bonchev–Trinajstić information content (AvgIpc) is 2.26. The predicted molar refractivity (Wildman–Crippen MR) is 61.1 cm³/mol. The Morgan fingerprint density at radius 1 is 1.33 bits per heavy atom. The number of benzene rings is 1. The summed E-state index contributed by atoms with van der Waals surface area (Å²) in [5, 5.41) is 0. The highest BCUT2D eigenvalue weighted by Gasteiger charge is 2.30. The predicted octanol–water partition coefficient (Wildman–Crippen LogP) is 3.51. The van der Waals surface area contributed by atoms with Crippen LogP contribution in [0, 0.1) is 6.92 Å². The zero-order chi connectivity index (χ0) is 13.8. The van der Waals surface area contributed by atoms with Crippen molar-refractivity contribution in [3.63, 3.8) is 0 Å². The maximum Gasteiger partial charge on any atom is 0.416 e. The van der Waals surface area contributed by atoms with Gasteiger partial charge >= 0.3 is 12.1 Å². The van der Waals surface area contributed by atoms with Gasteiger partial charge in [0.1, 0.15) is 0 Å². The van der Waals surface area contributed by atoms with Gasteiger partial charge in [0.2, 0.25) is 0 Å². The fourth-order valence-electron chi connectivity index (χ4n) is 1.62. The van der Waals surface area contributed by atoms with Crippen LogP contribution in [-0.2, 0) is 22.1 Å². The molecule has 0 unspecified atom stereocenters. The van der Waals surface area contributed by atoms with Crippen LogP contribution >= 0.6 is 0 Å². The van der Waals surface area contributed by atoms with Crippen molar-refractivity contribution in [1.82, 2.24) is 0 Å². The van der Waals surface area contributed by atoms with Gasteiger partial charge in [-0.15, -0.1) is 0 Å². The lowest BCUT2D eigenvalue weighted by Gasteiger charge is -2.10. The van der Waals surface area contributed by atoms with E-state index in [9.17, 15) is 18.0 Å². The molecular weight excluding hydrogens is 245 g/mol. The molecule has 1 aromatic rings. The summed E-state index contributed by atoms with van der Waals surface area (Å²) in [4.78, 5) is 11.2. The maximum absolute atomic E-state index is 12.4. The first-order valence-electron chi connectivity index (χ1n) is 5.67. The quantitative estimate of drug-likeness (QED) is 0.774. The number of halogens is 3. The summed E-state index contributed by atoms with van der Waals surface area (Å²) in [6.45, 7) is 3.63. The summed E-state index contributed by atoms with van der Waals surface area (Å²) in [5.41, 5.74) is 0.602. The van der Waals surface area contributed by atoms with Crippen LogP contribution in [0.2, 0.25) is 0 Å². The summed E-state index contributed by atoms with van der Waals surface area (Å²) < 4.78 is 42.1. The van der Waals surface area contributed by atoms with Gasteiger partial charge in [-0.3, -0.25) is 4.79 Å².